The lowest BCUT2D eigenvalue weighted by atomic mass is 10.0. The fraction of sp³-hybridized carbons (Fsp3) is 0.286. The number of benzene rings is 1. The first-order valence-corrected chi connectivity index (χ1v) is 5.92. The summed E-state index contributed by atoms with van der Waals surface area (Å²) in [5.74, 6) is 1.45. The Labute approximate surface area is 117 Å². The van der Waals surface area contributed by atoms with E-state index < -0.39 is 5.72 Å². The van der Waals surface area contributed by atoms with Gasteiger partial charge in [0.05, 0.1) is 27.6 Å². The Bertz CT molecular complexity index is 543. The van der Waals surface area contributed by atoms with Crippen LogP contribution in [0.25, 0.3) is 0 Å². The van der Waals surface area contributed by atoms with E-state index in [1.165, 1.54) is 27.6 Å². The Morgan fingerprint density at radius 3 is 2.10 bits per heavy atom. The second-order valence-electron chi connectivity index (χ2n) is 4.03. The molecular weight excluding hydrogens is 260 g/mol. The predicted octanol–water partition coefficient (Wildman–Crippen LogP) is 3.00. The Morgan fingerprint density at radius 2 is 1.70 bits per heavy atom. The van der Waals surface area contributed by atoms with Crippen molar-refractivity contribution in [3.8, 4) is 17.2 Å². The van der Waals surface area contributed by atoms with Crippen molar-refractivity contribution in [3.63, 3.8) is 0 Å². The quantitative estimate of drug-likeness (QED) is 0.839. The highest BCUT2D eigenvalue weighted by molar-refractivity contribution is 5.55. The second-order valence-corrected chi connectivity index (χ2v) is 4.03. The van der Waals surface area contributed by atoms with Crippen molar-refractivity contribution in [3.05, 3.63) is 42.2 Å². The number of nitrogens with one attached hydrogen (secondary N) is 1. The van der Waals surface area contributed by atoms with E-state index in [4.69, 9.17) is 24.5 Å². The highest BCUT2D eigenvalue weighted by Crippen LogP contribution is 2.43. The van der Waals surface area contributed by atoms with E-state index in [9.17, 15) is 0 Å². The first kappa shape index (κ1) is 13.9. The Balaban J connectivity index is 2.59. The minimum Gasteiger partial charge on any atom is -0.493 e. The number of hydrogen-bond acceptors (Lipinski definition) is 6. The first-order valence-electron chi connectivity index (χ1n) is 5.92. The molecule has 1 atom stereocenters. The first-order chi connectivity index (χ1) is 9.70. The Hall–Kier alpha value is -2.50. The molecule has 0 radical (unpaired) electrons. The van der Waals surface area contributed by atoms with Gasteiger partial charge in [0.15, 0.2) is 11.5 Å². The molecule has 6 heteroatoms. The van der Waals surface area contributed by atoms with Crippen LogP contribution in [0.5, 0.6) is 17.2 Å². The van der Waals surface area contributed by atoms with Crippen LogP contribution in [0.15, 0.2) is 41.7 Å². The predicted molar refractivity (Wildman–Crippen MR) is 72.3 cm³/mol. The van der Waals surface area contributed by atoms with Gasteiger partial charge in [-0.3, -0.25) is 0 Å². The van der Waals surface area contributed by atoms with Gasteiger partial charge < -0.3 is 18.9 Å². The van der Waals surface area contributed by atoms with Gasteiger partial charge in [-0.2, -0.15) is 0 Å². The number of rotatable bonds is 5. The van der Waals surface area contributed by atoms with Gasteiger partial charge in [-0.05, 0) is 24.3 Å². The Morgan fingerprint density at radius 1 is 1.05 bits per heavy atom. The molecule has 0 aliphatic carbocycles. The van der Waals surface area contributed by atoms with Crippen molar-refractivity contribution in [1.82, 2.24) is 0 Å². The zero-order valence-corrected chi connectivity index (χ0v) is 11.5. The molecule has 0 saturated heterocycles. The highest BCUT2D eigenvalue weighted by Gasteiger charge is 2.33. The summed E-state index contributed by atoms with van der Waals surface area (Å²) in [4.78, 5) is 0. The summed E-state index contributed by atoms with van der Waals surface area (Å²) in [6.07, 6.45) is 6.66. The monoisotopic (exact) mass is 276 g/mol. The van der Waals surface area contributed by atoms with E-state index in [-0.39, 0.29) is 0 Å². The summed E-state index contributed by atoms with van der Waals surface area (Å²) in [6, 6.07) is 3.42. The number of nitrogens with zero attached hydrogens (tertiary/aromatic N) is 1. The molecule has 1 aromatic carbocycles. The lowest BCUT2D eigenvalue weighted by Gasteiger charge is -2.27. The minimum absolute atomic E-state index is 0.481. The van der Waals surface area contributed by atoms with Gasteiger partial charge >= 0.3 is 0 Å². The van der Waals surface area contributed by atoms with Crippen LogP contribution < -0.4 is 14.2 Å². The normalized spacial score (nSPS) is 20.1. The molecule has 0 aromatic heterocycles. The van der Waals surface area contributed by atoms with Crippen molar-refractivity contribution >= 4 is 0 Å². The van der Waals surface area contributed by atoms with Gasteiger partial charge in [-0.1, -0.05) is 6.08 Å². The fourth-order valence-electron chi connectivity index (χ4n) is 1.99. The van der Waals surface area contributed by atoms with E-state index in [1.54, 1.807) is 30.4 Å². The van der Waals surface area contributed by atoms with Crippen LogP contribution in [0, 0.1) is 5.53 Å². The third-order valence-corrected chi connectivity index (χ3v) is 3.00. The summed E-state index contributed by atoms with van der Waals surface area (Å²) < 4.78 is 21.4. The summed E-state index contributed by atoms with van der Waals surface area (Å²) in [7, 11) is 4.59. The van der Waals surface area contributed by atoms with Gasteiger partial charge in [0.1, 0.15) is 0 Å². The van der Waals surface area contributed by atoms with Gasteiger partial charge in [0, 0.05) is 5.56 Å². The number of ether oxygens (including phenoxy) is 4. The molecule has 6 nitrogen and oxygen atoms in total. The van der Waals surface area contributed by atoms with Crippen LogP contribution in [-0.2, 0) is 10.5 Å². The molecule has 0 bridgehead atoms. The van der Waals surface area contributed by atoms with Gasteiger partial charge in [-0.25, -0.2) is 5.53 Å². The zero-order chi connectivity index (χ0) is 14.6. The van der Waals surface area contributed by atoms with Crippen LogP contribution in [0.4, 0.5) is 0 Å². The molecular formula is C14H16N2O4. The largest absolute Gasteiger partial charge is 0.493 e. The topological polar surface area (TPSA) is 73.1 Å². The number of hydrogen-bond donors (Lipinski definition) is 1. The smallest absolute Gasteiger partial charge is 0.263 e. The molecule has 0 spiro atoms. The average Bonchev–Trinajstić information content (AvgIpc) is 2.53. The van der Waals surface area contributed by atoms with Gasteiger partial charge in [0.25, 0.3) is 5.72 Å². The molecule has 0 fully saturated rings. The van der Waals surface area contributed by atoms with E-state index in [2.05, 4.69) is 5.11 Å². The van der Waals surface area contributed by atoms with E-state index >= 15 is 0 Å². The van der Waals surface area contributed by atoms with Crippen LogP contribution in [0.2, 0.25) is 0 Å². The number of allylic oxidation sites excluding steroid dienone is 2. The van der Waals surface area contributed by atoms with Crippen LogP contribution in [0.1, 0.15) is 5.56 Å². The molecule has 1 unspecified atom stereocenters. The molecule has 106 valence electrons. The Kier molecular flexibility index (Phi) is 3.93. The van der Waals surface area contributed by atoms with E-state index in [0.717, 1.165) is 0 Å². The fourth-order valence-corrected chi connectivity index (χ4v) is 1.99. The van der Waals surface area contributed by atoms with E-state index in [0.29, 0.717) is 22.8 Å². The van der Waals surface area contributed by atoms with Gasteiger partial charge in [-0.15, -0.1) is 5.11 Å². The molecule has 1 aliphatic heterocycles. The van der Waals surface area contributed by atoms with Crippen LogP contribution in [-0.4, -0.2) is 21.3 Å². The summed E-state index contributed by atoms with van der Waals surface area (Å²) in [6.45, 7) is 0. The molecule has 1 aromatic rings. The average molecular weight is 276 g/mol. The van der Waals surface area contributed by atoms with Crippen molar-refractivity contribution < 1.29 is 18.9 Å². The molecule has 0 amide bonds. The lowest BCUT2D eigenvalue weighted by molar-refractivity contribution is 0.0606. The SMILES string of the molecule is COc1cc(C2(N=N)C=CC=CO2)cc(OC)c1OC. The zero-order valence-electron chi connectivity index (χ0n) is 11.5. The van der Waals surface area contributed by atoms with Crippen LogP contribution >= 0.6 is 0 Å². The molecule has 20 heavy (non-hydrogen) atoms. The van der Waals surface area contributed by atoms with Crippen molar-refractivity contribution in [2.75, 3.05) is 21.3 Å². The maximum absolute atomic E-state index is 7.44. The summed E-state index contributed by atoms with van der Waals surface area (Å²) in [5, 5.41) is 3.59. The number of methoxy groups -OCH3 is 3. The maximum atomic E-state index is 7.44. The molecule has 0 saturated carbocycles. The molecule has 2 rings (SSSR count). The molecule has 1 heterocycles. The summed E-state index contributed by atoms with van der Waals surface area (Å²) >= 11 is 0. The summed E-state index contributed by atoms with van der Waals surface area (Å²) in [5.41, 5.74) is 6.84. The van der Waals surface area contributed by atoms with Crippen molar-refractivity contribution in [2.45, 2.75) is 5.72 Å². The highest BCUT2D eigenvalue weighted by atomic mass is 16.5. The van der Waals surface area contributed by atoms with Crippen LogP contribution in [0.3, 0.4) is 0 Å². The molecule has 1 N–H and O–H groups in total. The van der Waals surface area contributed by atoms with Crippen molar-refractivity contribution in [2.24, 2.45) is 5.11 Å². The maximum Gasteiger partial charge on any atom is 0.263 e. The standard InChI is InChI=1S/C14H16N2O4/c1-17-11-8-10(9-12(18-2)13(11)19-3)14(16-15)6-4-5-7-20-14/h4-9,15H,1-3H3. The molecule has 1 aliphatic rings. The third kappa shape index (κ3) is 2.20. The van der Waals surface area contributed by atoms with Crippen molar-refractivity contribution in [1.29, 1.82) is 5.53 Å². The van der Waals surface area contributed by atoms with E-state index in [1.807, 2.05) is 0 Å². The minimum atomic E-state index is -1.21. The third-order valence-electron chi connectivity index (χ3n) is 3.00. The second kappa shape index (κ2) is 5.64. The van der Waals surface area contributed by atoms with Gasteiger partial charge in [0.2, 0.25) is 5.75 Å². The lowest BCUT2D eigenvalue weighted by Crippen LogP contribution is -2.23.